The van der Waals surface area contributed by atoms with Crippen LogP contribution in [0.3, 0.4) is 0 Å². The van der Waals surface area contributed by atoms with Gasteiger partial charge in [0.1, 0.15) is 6.04 Å². The zero-order valence-electron chi connectivity index (χ0n) is 13.7. The molecule has 2 atom stereocenters. The first-order valence-electron chi connectivity index (χ1n) is 7.90. The van der Waals surface area contributed by atoms with Crippen LogP contribution in [0.2, 0.25) is 0 Å². The van der Waals surface area contributed by atoms with E-state index in [9.17, 15) is 23.1 Å². The van der Waals surface area contributed by atoms with E-state index in [-0.39, 0.29) is 22.4 Å². The van der Waals surface area contributed by atoms with Gasteiger partial charge in [0.05, 0.1) is 4.90 Å². The van der Waals surface area contributed by atoms with Crippen LogP contribution in [0.25, 0.3) is 0 Å². The van der Waals surface area contributed by atoms with E-state index in [0.717, 1.165) is 12.8 Å². The molecule has 0 aliphatic heterocycles. The fourth-order valence-electron chi connectivity index (χ4n) is 2.18. The molecule has 1 aromatic rings. The maximum Gasteiger partial charge on any atom is 0.326 e. The summed E-state index contributed by atoms with van der Waals surface area (Å²) in [5.41, 5.74) is 0.218. The fraction of sp³-hybridized carbons (Fsp3) is 0.500. The van der Waals surface area contributed by atoms with Crippen LogP contribution in [0.1, 0.15) is 43.5 Å². The van der Waals surface area contributed by atoms with E-state index in [0.29, 0.717) is 6.42 Å². The lowest BCUT2D eigenvalue weighted by molar-refractivity contribution is -0.140. The van der Waals surface area contributed by atoms with Crippen LogP contribution < -0.4 is 10.0 Å². The van der Waals surface area contributed by atoms with E-state index in [1.54, 1.807) is 6.92 Å². The smallest absolute Gasteiger partial charge is 0.326 e. The fourth-order valence-corrected chi connectivity index (χ4v) is 3.49. The van der Waals surface area contributed by atoms with Gasteiger partial charge < -0.3 is 10.4 Å². The number of hydrogen-bond donors (Lipinski definition) is 3. The van der Waals surface area contributed by atoms with E-state index in [1.165, 1.54) is 24.3 Å². The van der Waals surface area contributed by atoms with Crippen molar-refractivity contribution in [2.45, 2.75) is 50.1 Å². The second kappa shape index (κ2) is 7.31. The Labute approximate surface area is 141 Å². The average molecular weight is 354 g/mol. The van der Waals surface area contributed by atoms with E-state index in [4.69, 9.17) is 0 Å². The Bertz CT molecular complexity index is 710. The molecule has 24 heavy (non-hydrogen) atoms. The van der Waals surface area contributed by atoms with Crippen LogP contribution in [-0.4, -0.2) is 37.5 Å². The summed E-state index contributed by atoms with van der Waals surface area (Å²) >= 11 is 0. The molecule has 0 heterocycles. The summed E-state index contributed by atoms with van der Waals surface area (Å²) in [7, 11) is -3.57. The molecule has 2 rings (SSSR count). The molecule has 1 saturated carbocycles. The van der Waals surface area contributed by atoms with Crippen molar-refractivity contribution < 1.29 is 23.1 Å². The minimum absolute atomic E-state index is 0.00447. The molecule has 1 amide bonds. The van der Waals surface area contributed by atoms with Crippen LogP contribution in [0.4, 0.5) is 0 Å². The van der Waals surface area contributed by atoms with Crippen molar-refractivity contribution in [2.75, 3.05) is 0 Å². The average Bonchev–Trinajstić information content (AvgIpc) is 3.34. The molecule has 0 spiro atoms. The lowest BCUT2D eigenvalue weighted by Crippen LogP contribution is -2.45. The molecule has 0 bridgehead atoms. The van der Waals surface area contributed by atoms with Crippen molar-refractivity contribution in [1.29, 1.82) is 0 Å². The van der Waals surface area contributed by atoms with Crippen molar-refractivity contribution in [3.8, 4) is 0 Å². The Hall–Kier alpha value is -1.93. The first kappa shape index (κ1) is 18.4. The van der Waals surface area contributed by atoms with Crippen molar-refractivity contribution in [2.24, 2.45) is 5.92 Å². The van der Waals surface area contributed by atoms with Crippen LogP contribution >= 0.6 is 0 Å². The molecule has 1 aromatic carbocycles. The van der Waals surface area contributed by atoms with Crippen LogP contribution in [-0.2, 0) is 14.8 Å². The number of amides is 1. The van der Waals surface area contributed by atoms with E-state index >= 15 is 0 Å². The molecule has 132 valence electrons. The molecular formula is C16H22N2O5S. The van der Waals surface area contributed by atoms with Gasteiger partial charge in [-0.05, 0) is 43.0 Å². The van der Waals surface area contributed by atoms with Crippen molar-refractivity contribution >= 4 is 21.9 Å². The highest BCUT2D eigenvalue weighted by molar-refractivity contribution is 7.89. The standard InChI is InChI=1S/C16H22N2O5S/c1-3-10(2)14(16(20)21)17-15(19)11-4-8-13(9-5-11)24(22,23)18-12-6-7-12/h4-5,8-10,12,14,18H,3,6-7H2,1-2H3,(H,17,19)(H,20,21)/t10-,14-/m0/s1. The topological polar surface area (TPSA) is 113 Å². The Morgan fingerprint density at radius 1 is 1.25 bits per heavy atom. The van der Waals surface area contributed by atoms with Gasteiger partial charge in [0.15, 0.2) is 0 Å². The first-order valence-corrected chi connectivity index (χ1v) is 9.39. The number of carboxylic acids is 1. The molecule has 0 radical (unpaired) electrons. The lowest BCUT2D eigenvalue weighted by atomic mass is 9.99. The lowest BCUT2D eigenvalue weighted by Gasteiger charge is -2.20. The number of nitrogens with one attached hydrogen (secondary N) is 2. The molecule has 1 aliphatic carbocycles. The van der Waals surface area contributed by atoms with Gasteiger partial charge in [-0.3, -0.25) is 4.79 Å². The second-order valence-electron chi connectivity index (χ2n) is 6.09. The molecule has 0 aromatic heterocycles. The largest absolute Gasteiger partial charge is 0.480 e. The highest BCUT2D eigenvalue weighted by atomic mass is 32.2. The highest BCUT2D eigenvalue weighted by Crippen LogP contribution is 2.22. The van der Waals surface area contributed by atoms with E-state index < -0.39 is 27.9 Å². The maximum atomic E-state index is 12.2. The summed E-state index contributed by atoms with van der Waals surface area (Å²) in [6.07, 6.45) is 2.29. The molecular weight excluding hydrogens is 332 g/mol. The molecule has 1 aliphatic rings. The van der Waals surface area contributed by atoms with Crippen molar-refractivity contribution in [3.05, 3.63) is 29.8 Å². The number of benzene rings is 1. The third-order valence-electron chi connectivity index (χ3n) is 4.09. The van der Waals surface area contributed by atoms with Crippen molar-refractivity contribution in [1.82, 2.24) is 10.0 Å². The van der Waals surface area contributed by atoms with E-state index in [1.807, 2.05) is 6.92 Å². The predicted molar refractivity (Wildman–Crippen MR) is 88.1 cm³/mol. The maximum absolute atomic E-state index is 12.2. The van der Waals surface area contributed by atoms with Gasteiger partial charge in [-0.25, -0.2) is 17.9 Å². The quantitative estimate of drug-likeness (QED) is 0.652. The summed E-state index contributed by atoms with van der Waals surface area (Å²) in [4.78, 5) is 23.5. The zero-order chi connectivity index (χ0) is 17.9. The van der Waals surface area contributed by atoms with Crippen LogP contribution in [0, 0.1) is 5.92 Å². The SMILES string of the molecule is CC[C@H](C)[C@H](NC(=O)c1ccc(S(=O)(=O)NC2CC2)cc1)C(=O)O. The summed E-state index contributed by atoms with van der Waals surface area (Å²) < 4.78 is 26.7. The number of rotatable bonds is 8. The third-order valence-corrected chi connectivity index (χ3v) is 5.63. The van der Waals surface area contributed by atoms with Gasteiger partial charge in [0, 0.05) is 11.6 Å². The minimum Gasteiger partial charge on any atom is -0.480 e. The Balaban J connectivity index is 2.09. The minimum atomic E-state index is -3.57. The van der Waals surface area contributed by atoms with Crippen LogP contribution in [0.15, 0.2) is 29.2 Å². The Kier molecular flexibility index (Phi) is 5.61. The number of sulfonamides is 1. The Morgan fingerprint density at radius 2 is 1.83 bits per heavy atom. The van der Waals surface area contributed by atoms with Gasteiger partial charge in [-0.1, -0.05) is 20.3 Å². The van der Waals surface area contributed by atoms with Gasteiger partial charge in [-0.2, -0.15) is 0 Å². The summed E-state index contributed by atoms with van der Waals surface area (Å²) in [6, 6.07) is 4.47. The van der Waals surface area contributed by atoms with Gasteiger partial charge in [-0.15, -0.1) is 0 Å². The van der Waals surface area contributed by atoms with Gasteiger partial charge >= 0.3 is 5.97 Å². The molecule has 3 N–H and O–H groups in total. The van der Waals surface area contributed by atoms with E-state index in [2.05, 4.69) is 10.0 Å². The molecule has 7 nitrogen and oxygen atoms in total. The Morgan fingerprint density at radius 3 is 2.29 bits per heavy atom. The molecule has 0 unspecified atom stereocenters. The second-order valence-corrected chi connectivity index (χ2v) is 7.81. The van der Waals surface area contributed by atoms with Crippen LogP contribution in [0.5, 0.6) is 0 Å². The molecule has 0 saturated heterocycles. The number of hydrogen-bond acceptors (Lipinski definition) is 4. The summed E-state index contributed by atoms with van der Waals surface area (Å²) in [5.74, 6) is -1.85. The van der Waals surface area contributed by atoms with Crippen molar-refractivity contribution in [3.63, 3.8) is 0 Å². The number of carbonyl (C=O) groups excluding carboxylic acids is 1. The predicted octanol–water partition coefficient (Wildman–Crippen LogP) is 1.36. The molecule has 1 fully saturated rings. The summed E-state index contributed by atoms with van der Waals surface area (Å²) in [5, 5.41) is 11.7. The summed E-state index contributed by atoms with van der Waals surface area (Å²) in [6.45, 7) is 3.59. The zero-order valence-corrected chi connectivity index (χ0v) is 14.5. The third kappa shape index (κ3) is 4.55. The normalized spacial score (nSPS) is 17.1. The van der Waals surface area contributed by atoms with Gasteiger partial charge in [0.25, 0.3) is 5.91 Å². The van der Waals surface area contributed by atoms with Gasteiger partial charge in [0.2, 0.25) is 10.0 Å². The first-order chi connectivity index (χ1) is 11.2. The number of carbonyl (C=O) groups is 2. The molecule has 8 heteroatoms. The monoisotopic (exact) mass is 354 g/mol. The number of carboxylic acid groups (broad SMARTS) is 1. The highest BCUT2D eigenvalue weighted by Gasteiger charge is 2.28. The number of aliphatic carboxylic acids is 1.